The van der Waals surface area contributed by atoms with Gasteiger partial charge in [-0.1, -0.05) is 6.07 Å². The van der Waals surface area contributed by atoms with Crippen LogP contribution in [0.2, 0.25) is 0 Å². The van der Waals surface area contributed by atoms with Gasteiger partial charge in [-0.05, 0) is 39.5 Å². The number of ether oxygens (including phenoxy) is 1. The van der Waals surface area contributed by atoms with Crippen LogP contribution in [0.5, 0.6) is 5.75 Å². The minimum absolute atomic E-state index is 0.0430. The molecule has 1 aromatic heterocycles. The van der Waals surface area contributed by atoms with Crippen LogP contribution in [0.1, 0.15) is 20.0 Å². The van der Waals surface area contributed by atoms with Crippen LogP contribution < -0.4 is 10.5 Å². The first-order chi connectivity index (χ1) is 9.50. The maximum Gasteiger partial charge on any atom is 0.255 e. The third-order valence-corrected chi connectivity index (χ3v) is 4.33. The molecule has 7 heteroatoms. The van der Waals surface area contributed by atoms with E-state index in [2.05, 4.69) is 15.9 Å². The van der Waals surface area contributed by atoms with Crippen LogP contribution in [0.3, 0.4) is 0 Å². The summed E-state index contributed by atoms with van der Waals surface area (Å²) < 4.78 is 19.4. The Bertz CT molecular complexity index is 671. The predicted molar refractivity (Wildman–Crippen MR) is 76.8 cm³/mol. The van der Waals surface area contributed by atoms with E-state index in [1.807, 2.05) is 0 Å². The Kier molecular flexibility index (Phi) is 4.51. The average Bonchev–Trinajstić information content (AvgIpc) is 2.81. The second-order valence-electron chi connectivity index (χ2n) is 3.79. The van der Waals surface area contributed by atoms with Crippen molar-refractivity contribution < 1.29 is 18.7 Å². The van der Waals surface area contributed by atoms with Crippen LogP contribution in [0.15, 0.2) is 34.1 Å². The Morgan fingerprint density at radius 2 is 2.10 bits per heavy atom. The minimum atomic E-state index is -0.942. The number of hydrogen-bond donors (Lipinski definition) is 1. The molecule has 0 bridgehead atoms. The molecule has 0 radical (unpaired) electrons. The van der Waals surface area contributed by atoms with E-state index in [0.29, 0.717) is 9.35 Å². The summed E-state index contributed by atoms with van der Waals surface area (Å²) in [6.07, 6.45) is 0. The van der Waals surface area contributed by atoms with Crippen LogP contribution in [0.4, 0.5) is 4.39 Å². The fourth-order valence-electron chi connectivity index (χ4n) is 1.57. The van der Waals surface area contributed by atoms with Crippen molar-refractivity contribution in [2.45, 2.75) is 0 Å². The monoisotopic (exact) mass is 357 g/mol. The first-order valence-corrected chi connectivity index (χ1v) is 7.15. The Labute approximate surface area is 126 Å². The fraction of sp³-hybridized carbons (Fsp3) is 0.0769. The summed E-state index contributed by atoms with van der Waals surface area (Å²) in [4.78, 5) is 23.6. The highest BCUT2D eigenvalue weighted by Crippen LogP contribution is 2.25. The van der Waals surface area contributed by atoms with Gasteiger partial charge >= 0.3 is 0 Å². The van der Waals surface area contributed by atoms with Gasteiger partial charge < -0.3 is 10.5 Å². The molecule has 20 heavy (non-hydrogen) atoms. The van der Waals surface area contributed by atoms with Gasteiger partial charge in [-0.2, -0.15) is 0 Å². The highest BCUT2D eigenvalue weighted by Gasteiger charge is 2.17. The van der Waals surface area contributed by atoms with Gasteiger partial charge in [0.15, 0.2) is 6.61 Å². The Morgan fingerprint density at radius 3 is 2.70 bits per heavy atom. The van der Waals surface area contributed by atoms with Crippen molar-refractivity contribution in [2.24, 2.45) is 5.73 Å². The molecule has 0 aliphatic rings. The lowest BCUT2D eigenvalue weighted by Gasteiger charge is -2.09. The van der Waals surface area contributed by atoms with Crippen LogP contribution in [-0.4, -0.2) is 18.3 Å². The third kappa shape index (κ3) is 3.05. The van der Waals surface area contributed by atoms with E-state index in [4.69, 9.17) is 10.5 Å². The van der Waals surface area contributed by atoms with Gasteiger partial charge in [-0.25, -0.2) is 4.39 Å². The lowest BCUT2D eigenvalue weighted by molar-refractivity contribution is 0.0913. The summed E-state index contributed by atoms with van der Waals surface area (Å²) in [7, 11) is 0. The van der Waals surface area contributed by atoms with Crippen molar-refractivity contribution in [1.29, 1.82) is 0 Å². The summed E-state index contributed by atoms with van der Waals surface area (Å²) in [5.74, 6) is -2.03. The Hall–Kier alpha value is -1.73. The van der Waals surface area contributed by atoms with Gasteiger partial charge in [0.2, 0.25) is 5.78 Å². The molecule has 2 rings (SSSR count). The van der Waals surface area contributed by atoms with Gasteiger partial charge in [0.1, 0.15) is 17.1 Å². The molecule has 2 aromatic rings. The largest absolute Gasteiger partial charge is 0.484 e. The molecule has 4 nitrogen and oxygen atoms in total. The molecule has 2 N–H and O–H groups in total. The number of nitrogens with two attached hydrogens (primary N) is 1. The third-order valence-electron chi connectivity index (χ3n) is 2.45. The van der Waals surface area contributed by atoms with Crippen LogP contribution in [0, 0.1) is 5.82 Å². The number of ketones is 1. The molecular weight excluding hydrogens is 349 g/mol. The lowest BCUT2D eigenvalue weighted by Crippen LogP contribution is -2.17. The zero-order chi connectivity index (χ0) is 14.7. The topological polar surface area (TPSA) is 69.4 Å². The highest BCUT2D eigenvalue weighted by molar-refractivity contribution is 9.10. The number of hydrogen-bond acceptors (Lipinski definition) is 4. The number of thiophene rings is 1. The maximum atomic E-state index is 13.5. The van der Waals surface area contributed by atoms with Crippen LogP contribution >= 0.6 is 27.3 Å². The molecule has 0 aliphatic carbocycles. The standard InChI is InChI=1S/C13H9BrFNO3S/c14-7-4-5-20-12(7)9(17)6-19-10-3-1-2-8(15)11(10)13(16)18/h1-5H,6H2,(H2,16,18). The molecule has 1 heterocycles. The number of carbonyl (C=O) groups is 2. The zero-order valence-corrected chi connectivity index (χ0v) is 12.5. The number of carbonyl (C=O) groups excluding carboxylic acids is 2. The van der Waals surface area contributed by atoms with Crippen molar-refractivity contribution in [3.8, 4) is 5.75 Å². The minimum Gasteiger partial charge on any atom is -0.484 e. The SMILES string of the molecule is NC(=O)c1c(F)cccc1OCC(=O)c1sccc1Br. The van der Waals surface area contributed by atoms with Gasteiger partial charge in [0.25, 0.3) is 5.91 Å². The van der Waals surface area contributed by atoms with E-state index < -0.39 is 11.7 Å². The van der Waals surface area contributed by atoms with E-state index in [0.717, 1.165) is 6.07 Å². The van der Waals surface area contributed by atoms with E-state index in [1.54, 1.807) is 11.4 Å². The molecule has 0 atom stereocenters. The molecule has 0 fully saturated rings. The lowest BCUT2D eigenvalue weighted by atomic mass is 10.2. The molecule has 1 aromatic carbocycles. The van der Waals surface area contributed by atoms with E-state index in [-0.39, 0.29) is 23.7 Å². The van der Waals surface area contributed by atoms with Crippen LogP contribution in [-0.2, 0) is 0 Å². The smallest absolute Gasteiger partial charge is 0.255 e. The van der Waals surface area contributed by atoms with E-state index in [1.165, 1.54) is 23.5 Å². The summed E-state index contributed by atoms with van der Waals surface area (Å²) >= 11 is 4.51. The number of primary amides is 1. The van der Waals surface area contributed by atoms with Crippen molar-refractivity contribution in [2.75, 3.05) is 6.61 Å². The molecule has 0 saturated carbocycles. The maximum absolute atomic E-state index is 13.5. The van der Waals surface area contributed by atoms with E-state index in [9.17, 15) is 14.0 Å². The van der Waals surface area contributed by atoms with Crippen molar-refractivity contribution in [1.82, 2.24) is 0 Å². The predicted octanol–water partition coefficient (Wildman–Crippen LogP) is 3.01. The number of benzene rings is 1. The summed E-state index contributed by atoms with van der Waals surface area (Å²) in [6.45, 7) is -0.303. The van der Waals surface area contributed by atoms with Crippen molar-refractivity contribution >= 4 is 39.0 Å². The summed E-state index contributed by atoms with van der Waals surface area (Å²) in [5.41, 5.74) is 4.74. The number of amides is 1. The number of rotatable bonds is 5. The van der Waals surface area contributed by atoms with Crippen molar-refractivity contribution in [3.63, 3.8) is 0 Å². The van der Waals surface area contributed by atoms with Crippen LogP contribution in [0.25, 0.3) is 0 Å². The quantitative estimate of drug-likeness (QED) is 0.836. The summed E-state index contributed by atoms with van der Waals surface area (Å²) in [6, 6.07) is 5.61. The van der Waals surface area contributed by atoms with Gasteiger partial charge in [-0.15, -0.1) is 11.3 Å². The molecule has 0 saturated heterocycles. The molecular formula is C13H9BrFNO3S. The molecule has 0 aliphatic heterocycles. The molecule has 104 valence electrons. The average molecular weight is 358 g/mol. The Balaban J connectivity index is 2.16. The second kappa shape index (κ2) is 6.15. The number of halogens is 2. The molecule has 1 amide bonds. The zero-order valence-electron chi connectivity index (χ0n) is 10.1. The number of Topliss-reactive ketones (excluding diaryl/α,β-unsaturated/α-hetero) is 1. The van der Waals surface area contributed by atoms with Gasteiger partial charge in [-0.3, -0.25) is 9.59 Å². The highest BCUT2D eigenvalue weighted by atomic mass is 79.9. The normalized spacial score (nSPS) is 10.3. The second-order valence-corrected chi connectivity index (χ2v) is 5.56. The van der Waals surface area contributed by atoms with E-state index >= 15 is 0 Å². The van der Waals surface area contributed by atoms with Gasteiger partial charge in [0.05, 0.1) is 4.88 Å². The molecule has 0 unspecified atom stereocenters. The first-order valence-electron chi connectivity index (χ1n) is 5.48. The fourth-order valence-corrected chi connectivity index (χ4v) is 3.09. The van der Waals surface area contributed by atoms with Crippen molar-refractivity contribution in [3.05, 3.63) is 50.4 Å². The Morgan fingerprint density at radius 1 is 1.35 bits per heavy atom. The van der Waals surface area contributed by atoms with Gasteiger partial charge in [0, 0.05) is 4.47 Å². The first kappa shape index (κ1) is 14.7. The summed E-state index contributed by atoms with van der Waals surface area (Å²) in [5, 5.41) is 1.76. The molecule has 0 spiro atoms.